The Kier molecular flexibility index (Phi) is 11.8. The molecule has 0 spiro atoms. The van der Waals surface area contributed by atoms with Crippen LogP contribution in [0.2, 0.25) is 19.8 Å². The molecule has 0 N–H and O–H groups in total. The van der Waals surface area contributed by atoms with Gasteiger partial charge < -0.3 is 0 Å². The van der Waals surface area contributed by atoms with Crippen LogP contribution in [0.15, 0.2) is 0 Å². The van der Waals surface area contributed by atoms with Crippen LogP contribution in [0, 0.1) is 0 Å². The summed E-state index contributed by atoms with van der Waals surface area (Å²) in [5.41, 5.74) is 0. The molecule has 0 aromatic rings. The summed E-state index contributed by atoms with van der Waals surface area (Å²) in [6.45, 7) is 5.50. The molecule has 0 rings (SSSR count). The van der Waals surface area contributed by atoms with Crippen molar-refractivity contribution in [2.45, 2.75) is 59.3 Å². The van der Waals surface area contributed by atoms with Crippen LogP contribution >= 0.6 is 0 Å². The molecule has 0 atom stereocenters. The third kappa shape index (κ3) is 12.8. The van der Waals surface area contributed by atoms with Gasteiger partial charge in [-0.15, -0.1) is 0 Å². The predicted molar refractivity (Wildman–Crippen MR) is 79.9 cm³/mol. The van der Waals surface area contributed by atoms with Crippen LogP contribution < -0.4 is 0 Å². The number of unbranched alkanes of at least 4 members (excludes halogenated alkanes) is 2. The molecule has 0 saturated carbocycles. The molecule has 0 aromatic carbocycles. The van der Waals surface area contributed by atoms with Crippen molar-refractivity contribution in [1.29, 1.82) is 0 Å². The van der Waals surface area contributed by atoms with Crippen LogP contribution in [-0.2, 0) is 17.6 Å². The standard InChI is InChI=1S/2C4H10O2.4CH3.O.2Sn/c2*1-2-3-4-6-5;;;;;;;/h2*5H,2-4H2,1H3;4*1H3;;;/q;;;;;;;2*+1/p-2. The van der Waals surface area contributed by atoms with Crippen molar-refractivity contribution in [2.75, 3.05) is 13.2 Å². The average Bonchev–Trinajstić information content (AvgIpc) is 2.29. The number of hydrogen-bond donors (Lipinski definition) is 0. The van der Waals surface area contributed by atoms with Gasteiger partial charge in [0.25, 0.3) is 0 Å². The second-order valence-corrected chi connectivity index (χ2v) is 26.8. The van der Waals surface area contributed by atoms with Gasteiger partial charge in [0.2, 0.25) is 0 Å². The molecule has 0 aromatic heterocycles. The minimum atomic E-state index is -3.05. The van der Waals surface area contributed by atoms with E-state index < -0.39 is 38.4 Å². The zero-order chi connectivity index (χ0) is 14.8. The van der Waals surface area contributed by atoms with Crippen molar-refractivity contribution in [3.8, 4) is 0 Å². The zero-order valence-corrected chi connectivity index (χ0v) is 19.0. The monoisotopic (exact) mass is 494 g/mol. The van der Waals surface area contributed by atoms with Crippen LogP contribution in [-0.4, -0.2) is 51.6 Å². The van der Waals surface area contributed by atoms with Crippen LogP contribution in [0.4, 0.5) is 0 Å². The van der Waals surface area contributed by atoms with Crippen LogP contribution in [0.25, 0.3) is 0 Å². The molecule has 0 bridgehead atoms. The molecule has 0 aliphatic carbocycles. The fraction of sp³-hybridized carbons (Fsp3) is 1.00. The van der Waals surface area contributed by atoms with Gasteiger partial charge in [-0.05, 0) is 0 Å². The fourth-order valence-electron chi connectivity index (χ4n) is 1.40. The van der Waals surface area contributed by atoms with Gasteiger partial charge in [-0.1, -0.05) is 0 Å². The summed E-state index contributed by atoms with van der Waals surface area (Å²) in [7, 11) is 0. The second-order valence-electron chi connectivity index (χ2n) is 5.42. The molecule has 0 unspecified atom stereocenters. The van der Waals surface area contributed by atoms with Gasteiger partial charge in [0.05, 0.1) is 0 Å². The minimum absolute atomic E-state index is 0.629. The molecule has 0 saturated heterocycles. The Hall–Kier alpha value is 1.40. The van der Waals surface area contributed by atoms with E-state index in [0.29, 0.717) is 13.2 Å². The van der Waals surface area contributed by atoms with E-state index in [1.807, 2.05) is 19.8 Å². The Balaban J connectivity index is 3.93. The summed E-state index contributed by atoms with van der Waals surface area (Å²) in [4.78, 5) is 18.6. The fourth-order valence-corrected chi connectivity index (χ4v) is 31.0. The van der Waals surface area contributed by atoms with Crippen LogP contribution in [0.3, 0.4) is 0 Å². The molecule has 0 amide bonds. The van der Waals surface area contributed by atoms with Crippen molar-refractivity contribution in [2.24, 2.45) is 0 Å². The SMILES string of the molecule is CCCCO[O][Sn]([CH3])([CH3])[O][Sn]([CH3])([CH3])[O]OCCCC. The van der Waals surface area contributed by atoms with Crippen LogP contribution in [0.5, 0.6) is 0 Å². The Morgan fingerprint density at radius 1 is 0.684 bits per heavy atom. The van der Waals surface area contributed by atoms with Gasteiger partial charge in [0.1, 0.15) is 0 Å². The van der Waals surface area contributed by atoms with E-state index in [-0.39, 0.29) is 0 Å². The van der Waals surface area contributed by atoms with E-state index in [1.54, 1.807) is 0 Å². The summed E-state index contributed by atoms with van der Waals surface area (Å²) in [6.07, 6.45) is 4.20. The Morgan fingerprint density at radius 3 is 1.37 bits per heavy atom. The third-order valence-electron chi connectivity index (χ3n) is 2.17. The summed E-state index contributed by atoms with van der Waals surface area (Å²) in [6, 6.07) is 0. The van der Waals surface area contributed by atoms with Gasteiger partial charge in [0, 0.05) is 0 Å². The molecule has 0 aliphatic heterocycles. The molecule has 19 heavy (non-hydrogen) atoms. The topological polar surface area (TPSA) is 46.2 Å². The molecule has 7 heteroatoms. The van der Waals surface area contributed by atoms with Gasteiger partial charge in [-0.3, -0.25) is 0 Å². The zero-order valence-electron chi connectivity index (χ0n) is 13.3. The maximum atomic E-state index is 6.11. The van der Waals surface area contributed by atoms with Gasteiger partial charge in [0.15, 0.2) is 0 Å². The first-order valence-electron chi connectivity index (χ1n) is 7.14. The van der Waals surface area contributed by atoms with Gasteiger partial charge in [-0.25, -0.2) is 0 Å². The molecule has 0 radical (unpaired) electrons. The Labute approximate surface area is 128 Å². The normalized spacial score (nSPS) is 12.9. The van der Waals surface area contributed by atoms with E-state index in [1.165, 1.54) is 0 Å². The molecule has 0 aliphatic rings. The summed E-state index contributed by atoms with van der Waals surface area (Å²) in [5.74, 6) is 0. The molecule has 0 heterocycles. The first-order valence-corrected chi connectivity index (χ1v) is 23.2. The summed E-state index contributed by atoms with van der Waals surface area (Å²) < 4.78 is 17.1. The van der Waals surface area contributed by atoms with E-state index >= 15 is 0 Å². The van der Waals surface area contributed by atoms with Crippen molar-refractivity contribution in [3.63, 3.8) is 0 Å². The number of rotatable bonds is 12. The molecular formula is C12H30O5Sn2. The van der Waals surface area contributed by atoms with E-state index in [0.717, 1.165) is 25.7 Å². The van der Waals surface area contributed by atoms with E-state index in [2.05, 4.69) is 13.8 Å². The Morgan fingerprint density at radius 2 is 1.05 bits per heavy atom. The van der Waals surface area contributed by atoms with E-state index in [4.69, 9.17) is 17.6 Å². The second kappa shape index (κ2) is 11.0. The van der Waals surface area contributed by atoms with Crippen molar-refractivity contribution < 1.29 is 17.6 Å². The summed E-state index contributed by atoms with van der Waals surface area (Å²) in [5, 5.41) is 0. The summed E-state index contributed by atoms with van der Waals surface area (Å²) >= 11 is -6.10. The maximum absolute atomic E-state index is 6.11. The quantitative estimate of drug-likeness (QED) is 0.179. The first-order chi connectivity index (χ1) is 8.83. The molecule has 116 valence electrons. The number of hydrogen-bond acceptors (Lipinski definition) is 5. The molecule has 5 nitrogen and oxygen atoms in total. The molecule has 0 fully saturated rings. The van der Waals surface area contributed by atoms with Gasteiger partial charge in [-0.2, -0.15) is 0 Å². The predicted octanol–water partition coefficient (Wildman–Crippen LogP) is 3.90. The third-order valence-corrected chi connectivity index (χ3v) is 26.8. The average molecular weight is 492 g/mol. The van der Waals surface area contributed by atoms with Crippen LogP contribution in [0.1, 0.15) is 39.5 Å². The van der Waals surface area contributed by atoms with Crippen molar-refractivity contribution in [1.82, 2.24) is 0 Å². The Bertz CT molecular complexity index is 202. The molecular weight excluding hydrogens is 462 g/mol. The van der Waals surface area contributed by atoms with Crippen molar-refractivity contribution in [3.05, 3.63) is 0 Å². The van der Waals surface area contributed by atoms with Crippen molar-refractivity contribution >= 4 is 38.4 Å². The van der Waals surface area contributed by atoms with Gasteiger partial charge >= 0.3 is 129 Å². The van der Waals surface area contributed by atoms with E-state index in [9.17, 15) is 0 Å². The first kappa shape index (κ1) is 20.4.